The molecule has 2 aromatic heterocycles. The molecule has 3 aliphatic carbocycles. The predicted molar refractivity (Wildman–Crippen MR) is 183 cm³/mol. The second-order valence-corrected chi connectivity index (χ2v) is 15.9. The SMILES string of the molecule is COCc1cc(C(=O)Nc2cc([C@@H]3C[C@H](OC(=O)NC45CC(C4)C5)CO3)nn2COC(=O)CC(C)(C)c2c(C)cc(C)cc2OP(=O)(O)O)n(C)n1. The number of methoxy groups -OCH3 is 1. The average Bonchev–Trinajstić information content (AvgIpc) is 3.70. The van der Waals surface area contributed by atoms with Crippen LogP contribution in [0, 0.1) is 19.8 Å². The maximum absolute atomic E-state index is 13.4. The molecule has 1 aliphatic heterocycles. The average molecular weight is 745 g/mol. The van der Waals surface area contributed by atoms with E-state index in [1.54, 1.807) is 46.9 Å². The highest BCUT2D eigenvalue weighted by atomic mass is 31.2. The number of ether oxygens (including phenoxy) is 4. The van der Waals surface area contributed by atoms with E-state index in [9.17, 15) is 28.7 Å². The van der Waals surface area contributed by atoms with E-state index in [4.69, 9.17) is 23.5 Å². The van der Waals surface area contributed by atoms with E-state index < -0.39 is 43.4 Å². The summed E-state index contributed by atoms with van der Waals surface area (Å²) < 4.78 is 41.9. The van der Waals surface area contributed by atoms with Crippen molar-refractivity contribution in [2.24, 2.45) is 13.0 Å². The number of anilines is 1. The van der Waals surface area contributed by atoms with E-state index in [2.05, 4.69) is 20.8 Å². The number of nitrogens with one attached hydrogen (secondary N) is 2. The number of carbonyl (C=O) groups excluding carboxylic acids is 3. The van der Waals surface area contributed by atoms with E-state index in [1.165, 1.54) is 22.5 Å². The molecule has 2 atom stereocenters. The molecule has 1 aromatic carbocycles. The third-order valence-electron chi connectivity index (χ3n) is 9.74. The minimum atomic E-state index is -4.89. The van der Waals surface area contributed by atoms with Gasteiger partial charge < -0.3 is 34.1 Å². The van der Waals surface area contributed by atoms with Crippen molar-refractivity contribution in [3.8, 4) is 5.75 Å². The number of phosphoric ester groups is 1. The summed E-state index contributed by atoms with van der Waals surface area (Å²) in [6, 6.07) is 6.55. The van der Waals surface area contributed by atoms with Gasteiger partial charge in [-0.1, -0.05) is 19.9 Å². The second-order valence-electron chi connectivity index (χ2n) is 14.7. The van der Waals surface area contributed by atoms with Crippen molar-refractivity contribution in [1.29, 1.82) is 0 Å². The lowest BCUT2D eigenvalue weighted by molar-refractivity contribution is -0.149. The summed E-state index contributed by atoms with van der Waals surface area (Å²) in [7, 11) is -1.74. The summed E-state index contributed by atoms with van der Waals surface area (Å²) in [5.41, 5.74) is 2.01. The van der Waals surface area contributed by atoms with E-state index >= 15 is 0 Å². The van der Waals surface area contributed by atoms with Crippen LogP contribution < -0.4 is 15.2 Å². The first kappa shape index (κ1) is 37.5. The number of aryl methyl sites for hydroxylation is 3. The first-order chi connectivity index (χ1) is 24.4. The molecule has 0 spiro atoms. The molecule has 3 aromatic rings. The lowest BCUT2D eigenvalue weighted by atomic mass is 9.50. The van der Waals surface area contributed by atoms with Crippen molar-refractivity contribution in [2.45, 2.75) is 96.3 Å². The summed E-state index contributed by atoms with van der Waals surface area (Å²) in [4.78, 5) is 58.4. The maximum Gasteiger partial charge on any atom is 0.524 e. The lowest BCUT2D eigenvalue weighted by Gasteiger charge is -2.61. The van der Waals surface area contributed by atoms with Gasteiger partial charge in [0.1, 0.15) is 29.5 Å². The minimum Gasteiger partial charge on any atom is -0.444 e. The number of alkyl carbamates (subject to hydrolysis) is 1. The molecule has 4 N–H and O–H groups in total. The smallest absolute Gasteiger partial charge is 0.444 e. The molecule has 4 aliphatic rings. The van der Waals surface area contributed by atoms with Crippen LogP contribution in [0.1, 0.15) is 90.6 Å². The molecular weight excluding hydrogens is 699 g/mol. The third-order valence-corrected chi connectivity index (χ3v) is 10.2. The number of hydrogen-bond acceptors (Lipinski definition) is 11. The normalized spacial score (nSPS) is 22.3. The van der Waals surface area contributed by atoms with Crippen LogP contribution in [-0.4, -0.2) is 72.7 Å². The fourth-order valence-corrected chi connectivity index (χ4v) is 7.88. The van der Waals surface area contributed by atoms with Gasteiger partial charge in [-0.15, -0.1) is 0 Å². The first-order valence-corrected chi connectivity index (χ1v) is 18.5. The van der Waals surface area contributed by atoms with Crippen molar-refractivity contribution >= 4 is 31.6 Å². The Labute approximate surface area is 300 Å². The molecule has 4 fully saturated rings. The zero-order valence-corrected chi connectivity index (χ0v) is 30.9. The number of carbonyl (C=O) groups is 3. The van der Waals surface area contributed by atoms with Crippen LogP contribution in [0.5, 0.6) is 5.75 Å². The highest BCUT2D eigenvalue weighted by Crippen LogP contribution is 2.57. The van der Waals surface area contributed by atoms with Gasteiger partial charge in [0.15, 0.2) is 6.73 Å². The zero-order valence-electron chi connectivity index (χ0n) is 30.0. The highest BCUT2D eigenvalue weighted by molar-refractivity contribution is 7.46. The Hall–Kier alpha value is -4.28. The Balaban J connectivity index is 1.16. The second kappa shape index (κ2) is 14.3. The zero-order chi connectivity index (χ0) is 37.6. The van der Waals surface area contributed by atoms with Crippen LogP contribution in [0.4, 0.5) is 10.6 Å². The van der Waals surface area contributed by atoms with Gasteiger partial charge in [0.25, 0.3) is 5.91 Å². The van der Waals surface area contributed by atoms with Crippen molar-refractivity contribution < 1.29 is 52.2 Å². The van der Waals surface area contributed by atoms with Crippen molar-refractivity contribution in [3.63, 3.8) is 0 Å². The number of rotatable bonds is 14. The van der Waals surface area contributed by atoms with Crippen LogP contribution in [0.25, 0.3) is 0 Å². The van der Waals surface area contributed by atoms with E-state index in [0.717, 1.165) is 24.8 Å². The standard InChI is InChI=1S/C34H45N6O11P/c1-19-7-20(2)30(27(8-19)51-52(44,45)46)33(3,4)15-29(41)49-18-40-28(35-31(42)25-9-22(16-47-6)37-39(25)5)11-24(38-40)26-10-23(17-48-26)50-32(43)36-34-12-21(13-34)14-34/h7-9,11,21,23,26H,10,12-18H2,1-6H3,(H,35,42)(H,36,43)(H2,44,45,46)/t21?,23-,26-,34?/m0/s1. The van der Waals surface area contributed by atoms with Crippen molar-refractivity contribution in [2.75, 3.05) is 19.0 Å². The molecule has 1 saturated heterocycles. The number of aromatic nitrogens is 4. The molecule has 0 radical (unpaired) electrons. The number of phosphoric acid groups is 1. The predicted octanol–water partition coefficient (Wildman–Crippen LogP) is 4.08. The quantitative estimate of drug-likeness (QED) is 0.135. The molecular formula is C34H45N6O11P. The minimum absolute atomic E-state index is 0.0232. The summed E-state index contributed by atoms with van der Waals surface area (Å²) in [6.07, 6.45) is 1.58. The number of esters is 1. The van der Waals surface area contributed by atoms with Gasteiger partial charge >= 0.3 is 19.9 Å². The van der Waals surface area contributed by atoms with Gasteiger partial charge in [0.2, 0.25) is 0 Å². The first-order valence-electron chi connectivity index (χ1n) is 17.0. The van der Waals surface area contributed by atoms with Gasteiger partial charge in [-0.25, -0.2) is 14.0 Å². The summed E-state index contributed by atoms with van der Waals surface area (Å²) in [5, 5.41) is 14.7. The van der Waals surface area contributed by atoms with E-state index in [0.29, 0.717) is 34.9 Å². The number of amides is 2. The Kier molecular flexibility index (Phi) is 10.3. The largest absolute Gasteiger partial charge is 0.524 e. The Morgan fingerprint density at radius 2 is 1.85 bits per heavy atom. The molecule has 3 heterocycles. The van der Waals surface area contributed by atoms with E-state index in [-0.39, 0.29) is 49.2 Å². The van der Waals surface area contributed by atoms with Crippen molar-refractivity contribution in [3.05, 3.63) is 58.0 Å². The summed E-state index contributed by atoms with van der Waals surface area (Å²) in [6.45, 7) is 7.01. The molecule has 2 bridgehead atoms. The highest BCUT2D eigenvalue weighted by Gasteiger charge is 2.57. The monoisotopic (exact) mass is 744 g/mol. The number of hydrogen-bond donors (Lipinski definition) is 4. The fourth-order valence-electron chi connectivity index (χ4n) is 7.48. The van der Waals surface area contributed by atoms with Crippen LogP contribution in [-0.2, 0) is 54.1 Å². The molecule has 0 unspecified atom stereocenters. The molecule has 282 valence electrons. The number of nitrogens with zero attached hydrogens (tertiary/aromatic N) is 4. The van der Waals surface area contributed by atoms with Gasteiger partial charge in [-0.3, -0.25) is 24.1 Å². The van der Waals surface area contributed by atoms with Crippen LogP contribution >= 0.6 is 7.82 Å². The molecule has 3 saturated carbocycles. The van der Waals surface area contributed by atoms with Gasteiger partial charge in [-0.05, 0) is 62.3 Å². The van der Waals surface area contributed by atoms with Gasteiger partial charge in [0, 0.05) is 43.2 Å². The Morgan fingerprint density at radius 1 is 1.12 bits per heavy atom. The topological polar surface area (TPSA) is 215 Å². The van der Waals surface area contributed by atoms with Crippen LogP contribution in [0.2, 0.25) is 0 Å². The van der Waals surface area contributed by atoms with Crippen LogP contribution in [0.15, 0.2) is 24.3 Å². The fraction of sp³-hybridized carbons (Fsp3) is 0.559. The molecule has 17 nitrogen and oxygen atoms in total. The Morgan fingerprint density at radius 3 is 2.50 bits per heavy atom. The molecule has 2 amide bonds. The molecule has 52 heavy (non-hydrogen) atoms. The van der Waals surface area contributed by atoms with Gasteiger partial charge in [0.05, 0.1) is 31.0 Å². The van der Waals surface area contributed by atoms with Crippen molar-refractivity contribution in [1.82, 2.24) is 24.9 Å². The lowest BCUT2D eigenvalue weighted by Crippen LogP contribution is -2.68. The van der Waals surface area contributed by atoms with Crippen LogP contribution in [0.3, 0.4) is 0 Å². The summed E-state index contributed by atoms with van der Waals surface area (Å²) in [5.74, 6) is -0.241. The Bertz CT molecular complexity index is 1900. The summed E-state index contributed by atoms with van der Waals surface area (Å²) >= 11 is 0. The molecule has 7 rings (SSSR count). The maximum atomic E-state index is 13.4. The molecule has 18 heteroatoms. The third kappa shape index (κ3) is 8.34. The number of benzene rings is 1. The van der Waals surface area contributed by atoms with E-state index in [1.807, 2.05) is 6.07 Å². The van der Waals surface area contributed by atoms with Gasteiger partial charge in [-0.2, -0.15) is 10.2 Å².